The molecule has 6 heteroatoms. The van der Waals surface area contributed by atoms with Crippen LogP contribution in [0.1, 0.15) is 11.1 Å². The Morgan fingerprint density at radius 3 is 2.30 bits per heavy atom. The first-order valence-corrected chi connectivity index (χ1v) is 11.3. The van der Waals surface area contributed by atoms with E-state index in [0.29, 0.717) is 6.26 Å². The summed E-state index contributed by atoms with van der Waals surface area (Å²) in [5.41, 5.74) is 9.17. The van der Waals surface area contributed by atoms with E-state index in [0.717, 1.165) is 12.2 Å². The molecule has 0 atom stereocenters. The lowest BCUT2D eigenvalue weighted by Gasteiger charge is -2.11. The number of benzene rings is 2. The summed E-state index contributed by atoms with van der Waals surface area (Å²) in [4.78, 5) is 0. The van der Waals surface area contributed by atoms with Crippen molar-refractivity contribution in [1.82, 2.24) is 0 Å². The Bertz CT molecular complexity index is 1320. The molecule has 2 aromatic carbocycles. The van der Waals surface area contributed by atoms with Crippen molar-refractivity contribution in [3.05, 3.63) is 90.3 Å². The standard InChI is InChI=1S/C23H18NO.CH4O3S/c1-25-19-11-12-24-15-18-13-17-9-5-6-10-20(17)22(18)23(21(24)14-19)16-7-3-2-4-8-16;1-5(2,3)4/h2-12,14-15H,13H2,1H3;1H3,(H,2,3,4)/q+1;/p-1. The first-order valence-electron chi connectivity index (χ1n) is 9.44. The van der Waals surface area contributed by atoms with Crippen molar-refractivity contribution in [1.29, 1.82) is 0 Å². The SMILES string of the molecule is COc1cc[n+]2cc3c(c(-c4ccccc4)c2c1)-c1ccccc1C3.CS(=O)(=O)[O-]. The normalized spacial score (nSPS) is 12.0. The molecule has 0 radical (unpaired) electrons. The van der Waals surface area contributed by atoms with Crippen LogP contribution in [0.5, 0.6) is 5.75 Å². The van der Waals surface area contributed by atoms with Gasteiger partial charge in [-0.25, -0.2) is 8.42 Å². The zero-order chi connectivity index (χ0) is 21.3. The summed E-state index contributed by atoms with van der Waals surface area (Å²) in [7, 11) is -2.20. The van der Waals surface area contributed by atoms with Crippen LogP contribution in [-0.4, -0.2) is 26.3 Å². The zero-order valence-corrected chi connectivity index (χ0v) is 17.5. The Balaban J connectivity index is 0.000000393. The summed E-state index contributed by atoms with van der Waals surface area (Å²) >= 11 is 0. The third-order valence-corrected chi connectivity index (χ3v) is 5.04. The molecule has 30 heavy (non-hydrogen) atoms. The zero-order valence-electron chi connectivity index (χ0n) is 16.7. The average molecular weight is 420 g/mol. The fraction of sp³-hybridized carbons (Fsp3) is 0.125. The number of aromatic nitrogens is 1. The van der Waals surface area contributed by atoms with Crippen LogP contribution in [-0.2, 0) is 16.5 Å². The minimum atomic E-state index is -3.92. The molecule has 0 spiro atoms. The minimum Gasteiger partial charge on any atom is -0.748 e. The molecule has 5 rings (SSSR count). The lowest BCUT2D eigenvalue weighted by Crippen LogP contribution is -2.22. The van der Waals surface area contributed by atoms with Crippen molar-refractivity contribution < 1.29 is 22.1 Å². The molecule has 5 nitrogen and oxygen atoms in total. The highest BCUT2D eigenvalue weighted by atomic mass is 32.2. The van der Waals surface area contributed by atoms with E-state index in [1.54, 1.807) is 7.11 Å². The molecule has 1 aliphatic rings. The molecular weight excluding hydrogens is 398 g/mol. The van der Waals surface area contributed by atoms with Crippen molar-refractivity contribution in [2.45, 2.75) is 6.42 Å². The second-order valence-corrected chi connectivity index (χ2v) is 8.58. The largest absolute Gasteiger partial charge is 0.748 e. The molecule has 1 aliphatic carbocycles. The highest BCUT2D eigenvalue weighted by Crippen LogP contribution is 2.43. The van der Waals surface area contributed by atoms with Gasteiger partial charge in [0.2, 0.25) is 5.52 Å². The number of nitrogens with zero attached hydrogens (tertiary/aromatic N) is 1. The van der Waals surface area contributed by atoms with Crippen molar-refractivity contribution in [2.75, 3.05) is 13.4 Å². The molecule has 0 saturated carbocycles. The molecule has 0 bridgehead atoms. The molecule has 0 saturated heterocycles. The Labute approximate surface area is 176 Å². The first-order chi connectivity index (χ1) is 14.3. The van der Waals surface area contributed by atoms with E-state index in [-0.39, 0.29) is 0 Å². The van der Waals surface area contributed by atoms with E-state index < -0.39 is 10.1 Å². The molecular formula is C24H21NO4S. The third kappa shape index (κ3) is 4.06. The number of ether oxygens (including phenoxy) is 1. The predicted molar refractivity (Wildman–Crippen MR) is 115 cm³/mol. The minimum absolute atomic E-state index is 0.604. The Hall–Kier alpha value is -3.22. The summed E-state index contributed by atoms with van der Waals surface area (Å²) in [6.07, 6.45) is 5.94. The van der Waals surface area contributed by atoms with Crippen molar-refractivity contribution in [3.63, 3.8) is 0 Å². The van der Waals surface area contributed by atoms with Crippen molar-refractivity contribution in [3.8, 4) is 28.0 Å². The monoisotopic (exact) mass is 419 g/mol. The van der Waals surface area contributed by atoms with E-state index in [4.69, 9.17) is 17.7 Å². The number of fused-ring (bicyclic) bond motifs is 4. The van der Waals surface area contributed by atoms with Crippen LogP contribution in [0.2, 0.25) is 0 Å². The number of rotatable bonds is 2. The third-order valence-electron chi connectivity index (χ3n) is 5.04. The molecule has 2 aromatic heterocycles. The molecule has 0 unspecified atom stereocenters. The maximum Gasteiger partial charge on any atom is 0.222 e. The van der Waals surface area contributed by atoms with Gasteiger partial charge in [0.25, 0.3) is 0 Å². The van der Waals surface area contributed by atoms with Gasteiger partial charge in [0.05, 0.1) is 28.9 Å². The molecule has 4 aromatic rings. The quantitative estimate of drug-likeness (QED) is 0.322. The van der Waals surface area contributed by atoms with Gasteiger partial charge in [0.15, 0.2) is 12.4 Å². The summed E-state index contributed by atoms with van der Waals surface area (Å²) in [6.45, 7) is 0. The van der Waals surface area contributed by atoms with Gasteiger partial charge < -0.3 is 9.29 Å². The second-order valence-electron chi connectivity index (χ2n) is 7.17. The summed E-state index contributed by atoms with van der Waals surface area (Å²) in [5, 5.41) is 0. The number of hydrogen-bond acceptors (Lipinski definition) is 4. The van der Waals surface area contributed by atoms with Crippen LogP contribution in [0.15, 0.2) is 79.1 Å². The molecule has 0 amide bonds. The van der Waals surface area contributed by atoms with Gasteiger partial charge in [0, 0.05) is 29.9 Å². The average Bonchev–Trinajstić information content (AvgIpc) is 3.09. The van der Waals surface area contributed by atoms with Gasteiger partial charge in [-0.1, -0.05) is 54.6 Å². The van der Waals surface area contributed by atoms with E-state index >= 15 is 0 Å². The van der Waals surface area contributed by atoms with Gasteiger partial charge in [-0.05, 0) is 16.7 Å². The van der Waals surface area contributed by atoms with Crippen LogP contribution < -0.4 is 9.14 Å². The molecule has 0 fully saturated rings. The number of pyridine rings is 2. The van der Waals surface area contributed by atoms with Crippen LogP contribution in [0.25, 0.3) is 27.8 Å². The Morgan fingerprint density at radius 2 is 1.60 bits per heavy atom. The van der Waals surface area contributed by atoms with Crippen molar-refractivity contribution >= 4 is 15.6 Å². The van der Waals surface area contributed by atoms with Crippen LogP contribution >= 0.6 is 0 Å². The molecule has 0 aliphatic heterocycles. The van der Waals surface area contributed by atoms with Crippen molar-refractivity contribution in [2.24, 2.45) is 0 Å². The first kappa shape index (κ1) is 20.1. The molecule has 0 N–H and O–H groups in total. The van der Waals surface area contributed by atoms with Gasteiger partial charge in [0.1, 0.15) is 5.75 Å². The summed E-state index contributed by atoms with van der Waals surface area (Å²) < 4.78 is 34.9. The maximum absolute atomic E-state index is 9.08. The van der Waals surface area contributed by atoms with Gasteiger partial charge >= 0.3 is 0 Å². The van der Waals surface area contributed by atoms with Crippen LogP contribution in [0.3, 0.4) is 0 Å². The lowest BCUT2D eigenvalue weighted by atomic mass is 9.94. The van der Waals surface area contributed by atoms with Gasteiger partial charge in [-0.3, -0.25) is 0 Å². The van der Waals surface area contributed by atoms with E-state index in [9.17, 15) is 0 Å². The van der Waals surface area contributed by atoms with E-state index in [1.807, 2.05) is 6.07 Å². The fourth-order valence-electron chi connectivity index (χ4n) is 3.92. The Kier molecular flexibility index (Phi) is 5.28. The summed E-state index contributed by atoms with van der Waals surface area (Å²) in [5.74, 6) is 0.878. The van der Waals surface area contributed by atoms with Crippen LogP contribution in [0, 0.1) is 0 Å². The molecule has 152 valence electrons. The van der Waals surface area contributed by atoms with Gasteiger partial charge in [-0.15, -0.1) is 0 Å². The lowest BCUT2D eigenvalue weighted by molar-refractivity contribution is -0.511. The highest BCUT2D eigenvalue weighted by Gasteiger charge is 2.28. The summed E-state index contributed by atoms with van der Waals surface area (Å²) in [6, 6.07) is 23.5. The van der Waals surface area contributed by atoms with Gasteiger partial charge in [-0.2, -0.15) is 4.40 Å². The van der Waals surface area contributed by atoms with E-state index in [2.05, 4.69) is 77.5 Å². The number of methoxy groups -OCH3 is 1. The fourth-order valence-corrected chi connectivity index (χ4v) is 3.92. The second kappa shape index (κ2) is 7.89. The molecule has 2 heterocycles. The maximum atomic E-state index is 9.08. The highest BCUT2D eigenvalue weighted by molar-refractivity contribution is 7.84. The smallest absolute Gasteiger partial charge is 0.222 e. The topological polar surface area (TPSA) is 70.5 Å². The van der Waals surface area contributed by atoms with Crippen LogP contribution in [0.4, 0.5) is 0 Å². The Morgan fingerprint density at radius 1 is 0.933 bits per heavy atom. The predicted octanol–water partition coefficient (Wildman–Crippen LogP) is 3.83. The number of hydrogen-bond donors (Lipinski definition) is 0. The van der Waals surface area contributed by atoms with E-state index in [1.165, 1.54) is 38.9 Å².